The first kappa shape index (κ1) is 12.7. The van der Waals surface area contributed by atoms with E-state index in [1.54, 1.807) is 0 Å². The Balaban J connectivity index is 1.85. The maximum Gasteiger partial charge on any atom is 0.0519 e. The number of hydrazine groups is 1. The van der Waals surface area contributed by atoms with Crippen molar-refractivity contribution in [2.24, 2.45) is 0 Å². The van der Waals surface area contributed by atoms with Crippen LogP contribution in [0.5, 0.6) is 0 Å². The Kier molecular flexibility index (Phi) is 4.79. The highest BCUT2D eigenvalue weighted by Crippen LogP contribution is 2.10. The number of nitrogens with one attached hydrogen (secondary N) is 1. The van der Waals surface area contributed by atoms with Gasteiger partial charge in [0.1, 0.15) is 0 Å². The van der Waals surface area contributed by atoms with E-state index in [0.29, 0.717) is 0 Å². The third-order valence-corrected chi connectivity index (χ3v) is 2.94. The minimum Gasteiger partial charge on any atom is -0.309 e. The summed E-state index contributed by atoms with van der Waals surface area (Å²) in [7, 11) is 0. The molecule has 0 amide bonds. The standard InChI is InChI=1S/C16H20N2/c1-2-18(16-11-7-4-8-12-16)17-14-13-15-9-5-3-6-10-15/h3-12,17H,2,13-14H2,1H3. The van der Waals surface area contributed by atoms with Crippen molar-refractivity contribution < 1.29 is 0 Å². The highest BCUT2D eigenvalue weighted by atomic mass is 15.5. The largest absolute Gasteiger partial charge is 0.309 e. The number of para-hydroxylation sites is 1. The van der Waals surface area contributed by atoms with Crippen molar-refractivity contribution in [2.45, 2.75) is 13.3 Å². The number of hydrogen-bond donors (Lipinski definition) is 1. The Hall–Kier alpha value is -1.80. The number of rotatable bonds is 6. The van der Waals surface area contributed by atoms with Crippen LogP contribution in [-0.2, 0) is 6.42 Å². The van der Waals surface area contributed by atoms with Gasteiger partial charge < -0.3 is 5.01 Å². The van der Waals surface area contributed by atoms with Gasteiger partial charge in [-0.05, 0) is 31.0 Å². The SMILES string of the molecule is CCN(NCCc1ccccc1)c1ccccc1. The molecule has 2 heteroatoms. The second-order valence-corrected chi connectivity index (χ2v) is 4.22. The van der Waals surface area contributed by atoms with Crippen LogP contribution in [-0.4, -0.2) is 13.1 Å². The topological polar surface area (TPSA) is 15.3 Å². The van der Waals surface area contributed by atoms with Crippen LogP contribution in [0.25, 0.3) is 0 Å². The van der Waals surface area contributed by atoms with Gasteiger partial charge in [0.25, 0.3) is 0 Å². The van der Waals surface area contributed by atoms with Crippen LogP contribution >= 0.6 is 0 Å². The summed E-state index contributed by atoms with van der Waals surface area (Å²) in [5.41, 5.74) is 6.05. The average molecular weight is 240 g/mol. The Morgan fingerprint density at radius 3 is 2.11 bits per heavy atom. The second kappa shape index (κ2) is 6.82. The first-order valence-electron chi connectivity index (χ1n) is 6.50. The van der Waals surface area contributed by atoms with Crippen molar-refractivity contribution in [1.29, 1.82) is 0 Å². The fraction of sp³-hybridized carbons (Fsp3) is 0.250. The molecule has 2 aromatic rings. The van der Waals surface area contributed by atoms with E-state index in [0.717, 1.165) is 19.5 Å². The monoisotopic (exact) mass is 240 g/mol. The van der Waals surface area contributed by atoms with Gasteiger partial charge in [0.2, 0.25) is 0 Å². The van der Waals surface area contributed by atoms with Gasteiger partial charge in [0, 0.05) is 13.1 Å². The number of anilines is 1. The predicted molar refractivity (Wildman–Crippen MR) is 77.6 cm³/mol. The molecule has 0 atom stereocenters. The van der Waals surface area contributed by atoms with Crippen molar-refractivity contribution in [1.82, 2.24) is 5.43 Å². The Labute approximate surface area is 109 Å². The fourth-order valence-electron chi connectivity index (χ4n) is 1.97. The van der Waals surface area contributed by atoms with Crippen LogP contribution < -0.4 is 10.4 Å². The van der Waals surface area contributed by atoms with Crippen molar-refractivity contribution in [2.75, 3.05) is 18.1 Å². The molecule has 0 saturated carbocycles. The summed E-state index contributed by atoms with van der Waals surface area (Å²) >= 11 is 0. The number of hydrogen-bond acceptors (Lipinski definition) is 2. The molecule has 0 heterocycles. The summed E-state index contributed by atoms with van der Waals surface area (Å²) in [6.07, 6.45) is 1.05. The zero-order chi connectivity index (χ0) is 12.6. The van der Waals surface area contributed by atoms with E-state index in [1.807, 2.05) is 6.07 Å². The van der Waals surface area contributed by atoms with E-state index < -0.39 is 0 Å². The predicted octanol–water partition coefficient (Wildman–Crippen LogP) is 3.26. The molecule has 0 aliphatic carbocycles. The number of benzene rings is 2. The quantitative estimate of drug-likeness (QED) is 0.780. The molecule has 2 rings (SSSR count). The van der Waals surface area contributed by atoms with Gasteiger partial charge in [-0.15, -0.1) is 0 Å². The lowest BCUT2D eigenvalue weighted by Gasteiger charge is -2.24. The van der Waals surface area contributed by atoms with Crippen molar-refractivity contribution in [3.05, 3.63) is 66.2 Å². The van der Waals surface area contributed by atoms with E-state index in [4.69, 9.17) is 0 Å². The summed E-state index contributed by atoms with van der Waals surface area (Å²) in [4.78, 5) is 0. The maximum atomic E-state index is 3.47. The normalized spacial score (nSPS) is 10.3. The fourth-order valence-corrected chi connectivity index (χ4v) is 1.97. The van der Waals surface area contributed by atoms with Crippen molar-refractivity contribution in [3.8, 4) is 0 Å². The first-order valence-corrected chi connectivity index (χ1v) is 6.50. The molecule has 94 valence electrons. The molecule has 2 nitrogen and oxygen atoms in total. The summed E-state index contributed by atoms with van der Waals surface area (Å²) < 4.78 is 0. The van der Waals surface area contributed by atoms with Gasteiger partial charge in [-0.3, -0.25) is 0 Å². The molecule has 18 heavy (non-hydrogen) atoms. The minimum atomic E-state index is 0.951. The van der Waals surface area contributed by atoms with Gasteiger partial charge in [-0.25, -0.2) is 5.43 Å². The molecule has 0 aliphatic heterocycles. The van der Waals surface area contributed by atoms with E-state index in [2.05, 4.69) is 72.0 Å². The van der Waals surface area contributed by atoms with Crippen LogP contribution in [0.1, 0.15) is 12.5 Å². The summed E-state index contributed by atoms with van der Waals surface area (Å²) in [6, 6.07) is 21.0. The number of nitrogens with zero attached hydrogens (tertiary/aromatic N) is 1. The summed E-state index contributed by atoms with van der Waals surface area (Å²) in [6.45, 7) is 4.06. The summed E-state index contributed by atoms with van der Waals surface area (Å²) in [5.74, 6) is 0. The molecule has 0 aliphatic rings. The molecule has 0 unspecified atom stereocenters. The van der Waals surface area contributed by atoms with Gasteiger partial charge in [-0.2, -0.15) is 0 Å². The first-order chi connectivity index (χ1) is 8.90. The van der Waals surface area contributed by atoms with Gasteiger partial charge in [-0.1, -0.05) is 48.5 Å². The van der Waals surface area contributed by atoms with Gasteiger partial charge in [0.15, 0.2) is 0 Å². The van der Waals surface area contributed by atoms with Gasteiger partial charge in [0.05, 0.1) is 5.69 Å². The van der Waals surface area contributed by atoms with E-state index in [1.165, 1.54) is 11.3 Å². The molecule has 0 fully saturated rings. The molecule has 0 aromatic heterocycles. The van der Waals surface area contributed by atoms with Crippen LogP contribution in [0.3, 0.4) is 0 Å². The highest BCUT2D eigenvalue weighted by Gasteiger charge is 2.01. The van der Waals surface area contributed by atoms with Crippen LogP contribution in [0, 0.1) is 0 Å². The third-order valence-electron chi connectivity index (χ3n) is 2.94. The van der Waals surface area contributed by atoms with Crippen molar-refractivity contribution in [3.63, 3.8) is 0 Å². The van der Waals surface area contributed by atoms with Crippen LogP contribution in [0.4, 0.5) is 5.69 Å². The molecule has 0 saturated heterocycles. The lowest BCUT2D eigenvalue weighted by atomic mass is 10.2. The van der Waals surface area contributed by atoms with Gasteiger partial charge >= 0.3 is 0 Å². The molecule has 0 bridgehead atoms. The molecule has 0 radical (unpaired) electrons. The zero-order valence-corrected chi connectivity index (χ0v) is 10.8. The van der Waals surface area contributed by atoms with E-state index in [-0.39, 0.29) is 0 Å². The molecular formula is C16H20N2. The smallest absolute Gasteiger partial charge is 0.0519 e. The second-order valence-electron chi connectivity index (χ2n) is 4.22. The lowest BCUT2D eigenvalue weighted by molar-refractivity contribution is 0.636. The van der Waals surface area contributed by atoms with Crippen LogP contribution in [0.2, 0.25) is 0 Å². The van der Waals surface area contributed by atoms with E-state index >= 15 is 0 Å². The van der Waals surface area contributed by atoms with Crippen molar-refractivity contribution >= 4 is 5.69 Å². The minimum absolute atomic E-state index is 0.951. The lowest BCUT2D eigenvalue weighted by Crippen LogP contribution is -2.39. The highest BCUT2D eigenvalue weighted by molar-refractivity contribution is 5.44. The Morgan fingerprint density at radius 2 is 1.50 bits per heavy atom. The Bertz CT molecular complexity index is 439. The molecule has 1 N–H and O–H groups in total. The maximum absolute atomic E-state index is 3.47. The Morgan fingerprint density at radius 1 is 0.889 bits per heavy atom. The zero-order valence-electron chi connectivity index (χ0n) is 10.8. The van der Waals surface area contributed by atoms with Crippen LogP contribution in [0.15, 0.2) is 60.7 Å². The molecular weight excluding hydrogens is 220 g/mol. The summed E-state index contributed by atoms with van der Waals surface area (Å²) in [5, 5.41) is 2.18. The third kappa shape index (κ3) is 3.60. The average Bonchev–Trinajstić information content (AvgIpc) is 2.46. The molecule has 2 aromatic carbocycles. The van der Waals surface area contributed by atoms with E-state index in [9.17, 15) is 0 Å². The molecule has 0 spiro atoms.